The van der Waals surface area contributed by atoms with Gasteiger partial charge in [0.05, 0.1) is 13.7 Å². The molecule has 1 aromatic heterocycles. The Labute approximate surface area is 125 Å². The van der Waals surface area contributed by atoms with Gasteiger partial charge < -0.3 is 14.8 Å². The summed E-state index contributed by atoms with van der Waals surface area (Å²) in [6.45, 7) is 0.223. The lowest BCUT2D eigenvalue weighted by molar-refractivity contribution is 0.0604. The summed E-state index contributed by atoms with van der Waals surface area (Å²) in [5, 5.41) is 6.28. The number of aromatic nitrogens is 2. The van der Waals surface area contributed by atoms with Crippen molar-refractivity contribution in [3.63, 3.8) is 0 Å². The Morgan fingerprint density at radius 3 is 2.76 bits per heavy atom. The third kappa shape index (κ3) is 4.25. The Morgan fingerprint density at radius 2 is 2.05 bits per heavy atom. The molecule has 1 N–H and O–H groups in total. The maximum atomic E-state index is 11.6. The first-order chi connectivity index (χ1) is 10.2. The molecule has 0 unspecified atom stereocenters. The number of methoxy groups -OCH3 is 1. The number of alkyl carbamates (subject to hydrolysis) is 1. The number of hydrogen-bond donors (Lipinski definition) is 1. The molecule has 0 aliphatic carbocycles. The maximum Gasteiger partial charge on any atom is 0.407 e. The van der Waals surface area contributed by atoms with E-state index in [0.29, 0.717) is 5.69 Å². The van der Waals surface area contributed by atoms with Gasteiger partial charge in [-0.3, -0.25) is 0 Å². The number of rotatable bonds is 5. The van der Waals surface area contributed by atoms with Crippen LogP contribution in [0.15, 0.2) is 30.3 Å². The van der Waals surface area contributed by atoms with Gasteiger partial charge in [0.1, 0.15) is 12.3 Å². The molecule has 0 bridgehead atoms. The number of amides is 1. The van der Waals surface area contributed by atoms with Gasteiger partial charge in [-0.2, -0.15) is 0 Å². The average Bonchev–Trinajstić information content (AvgIpc) is 2.99. The van der Waals surface area contributed by atoms with Crippen LogP contribution >= 0.6 is 11.5 Å². The van der Waals surface area contributed by atoms with Crippen molar-refractivity contribution < 1.29 is 19.1 Å². The normalized spacial score (nSPS) is 9.95. The summed E-state index contributed by atoms with van der Waals surface area (Å²) in [5.74, 6) is -0.528. The summed E-state index contributed by atoms with van der Waals surface area (Å²) in [6.07, 6.45) is -0.595. The Balaban J connectivity index is 1.82. The SMILES string of the molecule is COC(=O)c1snnc1CNC(=O)OCc1ccccc1. The van der Waals surface area contributed by atoms with E-state index in [2.05, 4.69) is 19.6 Å². The fraction of sp³-hybridized carbons (Fsp3) is 0.231. The quantitative estimate of drug-likeness (QED) is 0.846. The van der Waals surface area contributed by atoms with Crippen molar-refractivity contribution in [1.82, 2.24) is 14.9 Å². The van der Waals surface area contributed by atoms with Gasteiger partial charge in [-0.15, -0.1) is 5.10 Å². The highest BCUT2D eigenvalue weighted by Gasteiger charge is 2.17. The predicted octanol–water partition coefficient (Wildman–Crippen LogP) is 1.75. The van der Waals surface area contributed by atoms with E-state index in [-0.39, 0.29) is 18.0 Å². The molecule has 2 rings (SSSR count). The number of carbonyl (C=O) groups excluding carboxylic acids is 2. The third-order valence-electron chi connectivity index (χ3n) is 2.54. The smallest absolute Gasteiger partial charge is 0.407 e. The Morgan fingerprint density at radius 1 is 1.29 bits per heavy atom. The highest BCUT2D eigenvalue weighted by molar-refractivity contribution is 7.07. The second-order valence-corrected chi connectivity index (χ2v) is 4.71. The van der Waals surface area contributed by atoms with Crippen LogP contribution in [-0.2, 0) is 22.6 Å². The molecule has 8 heteroatoms. The van der Waals surface area contributed by atoms with Crippen LogP contribution in [0.5, 0.6) is 0 Å². The van der Waals surface area contributed by atoms with Gasteiger partial charge in [0.25, 0.3) is 0 Å². The molecule has 110 valence electrons. The summed E-state index contributed by atoms with van der Waals surface area (Å²) < 4.78 is 13.3. The van der Waals surface area contributed by atoms with Gasteiger partial charge in [0, 0.05) is 0 Å². The van der Waals surface area contributed by atoms with Crippen LogP contribution in [0.4, 0.5) is 4.79 Å². The van der Waals surface area contributed by atoms with E-state index in [1.54, 1.807) is 0 Å². The molecule has 0 saturated heterocycles. The van der Waals surface area contributed by atoms with E-state index in [0.717, 1.165) is 17.1 Å². The van der Waals surface area contributed by atoms with Crippen LogP contribution in [-0.4, -0.2) is 28.8 Å². The molecule has 21 heavy (non-hydrogen) atoms. The Hall–Kier alpha value is -2.48. The highest BCUT2D eigenvalue weighted by Crippen LogP contribution is 2.11. The summed E-state index contributed by atoms with van der Waals surface area (Å²) in [6, 6.07) is 9.31. The monoisotopic (exact) mass is 307 g/mol. The van der Waals surface area contributed by atoms with Gasteiger partial charge in [-0.25, -0.2) is 9.59 Å². The molecule has 2 aromatic rings. The minimum atomic E-state index is -0.595. The zero-order valence-corrected chi connectivity index (χ0v) is 12.1. The zero-order chi connectivity index (χ0) is 15.1. The minimum Gasteiger partial charge on any atom is -0.465 e. The van der Waals surface area contributed by atoms with Gasteiger partial charge in [0.15, 0.2) is 4.88 Å². The minimum absolute atomic E-state index is 0.0502. The van der Waals surface area contributed by atoms with Crippen LogP contribution < -0.4 is 5.32 Å². The lowest BCUT2D eigenvalue weighted by Gasteiger charge is -2.06. The van der Waals surface area contributed by atoms with Crippen molar-refractivity contribution in [2.24, 2.45) is 0 Å². The first kappa shape index (κ1) is 14.9. The molecule has 0 radical (unpaired) electrons. The summed E-state index contributed by atoms with van der Waals surface area (Å²) in [4.78, 5) is 23.2. The predicted molar refractivity (Wildman–Crippen MR) is 74.7 cm³/mol. The number of benzene rings is 1. The fourth-order valence-corrected chi connectivity index (χ4v) is 2.10. The summed E-state index contributed by atoms with van der Waals surface area (Å²) in [7, 11) is 1.27. The lowest BCUT2D eigenvalue weighted by atomic mass is 10.2. The summed E-state index contributed by atoms with van der Waals surface area (Å²) in [5.41, 5.74) is 1.24. The van der Waals surface area contributed by atoms with Crippen LogP contribution in [0.1, 0.15) is 20.9 Å². The van der Waals surface area contributed by atoms with Gasteiger partial charge in [-0.1, -0.05) is 34.8 Å². The van der Waals surface area contributed by atoms with E-state index < -0.39 is 12.1 Å². The Kier molecular flexibility index (Phi) is 5.22. The number of esters is 1. The number of nitrogens with zero attached hydrogens (tertiary/aromatic N) is 2. The number of nitrogens with one attached hydrogen (secondary N) is 1. The molecular formula is C13H13N3O4S. The van der Waals surface area contributed by atoms with Gasteiger partial charge in [-0.05, 0) is 17.1 Å². The van der Waals surface area contributed by atoms with E-state index >= 15 is 0 Å². The molecule has 0 saturated carbocycles. The second-order valence-electron chi connectivity index (χ2n) is 3.96. The number of hydrogen-bond acceptors (Lipinski definition) is 7. The van der Waals surface area contributed by atoms with E-state index in [4.69, 9.17) is 4.74 Å². The molecule has 1 heterocycles. The molecule has 0 fully saturated rings. The van der Waals surface area contributed by atoms with Crippen molar-refractivity contribution >= 4 is 23.6 Å². The van der Waals surface area contributed by atoms with Crippen molar-refractivity contribution in [2.75, 3.05) is 7.11 Å². The molecule has 0 aliphatic rings. The topological polar surface area (TPSA) is 90.4 Å². The molecule has 1 aromatic carbocycles. The lowest BCUT2D eigenvalue weighted by Crippen LogP contribution is -2.24. The molecule has 1 amide bonds. The van der Waals surface area contributed by atoms with Crippen LogP contribution in [0.3, 0.4) is 0 Å². The largest absolute Gasteiger partial charge is 0.465 e. The summed E-state index contributed by atoms with van der Waals surface area (Å²) >= 11 is 0.916. The number of ether oxygens (including phenoxy) is 2. The van der Waals surface area contributed by atoms with Crippen LogP contribution in [0.25, 0.3) is 0 Å². The van der Waals surface area contributed by atoms with E-state index in [1.165, 1.54) is 7.11 Å². The standard InChI is InChI=1S/C13H13N3O4S/c1-19-12(17)11-10(15-16-21-11)7-14-13(18)20-8-9-5-3-2-4-6-9/h2-6H,7-8H2,1H3,(H,14,18). The van der Waals surface area contributed by atoms with Crippen molar-refractivity contribution in [3.8, 4) is 0 Å². The third-order valence-corrected chi connectivity index (χ3v) is 3.29. The van der Waals surface area contributed by atoms with Gasteiger partial charge in [0.2, 0.25) is 0 Å². The Bertz CT molecular complexity index is 615. The first-order valence-corrected chi connectivity index (χ1v) is 6.82. The molecular weight excluding hydrogens is 294 g/mol. The zero-order valence-electron chi connectivity index (χ0n) is 11.2. The fourth-order valence-electron chi connectivity index (χ4n) is 1.50. The van der Waals surface area contributed by atoms with Crippen LogP contribution in [0, 0.1) is 0 Å². The van der Waals surface area contributed by atoms with Gasteiger partial charge >= 0.3 is 12.1 Å². The first-order valence-electron chi connectivity index (χ1n) is 6.05. The maximum absolute atomic E-state index is 11.6. The van der Waals surface area contributed by atoms with Crippen molar-refractivity contribution in [1.29, 1.82) is 0 Å². The van der Waals surface area contributed by atoms with Crippen molar-refractivity contribution in [3.05, 3.63) is 46.5 Å². The highest BCUT2D eigenvalue weighted by atomic mass is 32.1. The molecule has 0 spiro atoms. The molecule has 0 aliphatic heterocycles. The van der Waals surface area contributed by atoms with E-state index in [9.17, 15) is 9.59 Å². The second kappa shape index (κ2) is 7.34. The number of carbonyl (C=O) groups is 2. The molecule has 0 atom stereocenters. The van der Waals surface area contributed by atoms with Crippen LogP contribution in [0.2, 0.25) is 0 Å². The van der Waals surface area contributed by atoms with Crippen molar-refractivity contribution in [2.45, 2.75) is 13.2 Å². The molecule has 7 nitrogen and oxygen atoms in total. The average molecular weight is 307 g/mol. The van der Waals surface area contributed by atoms with E-state index in [1.807, 2.05) is 30.3 Å².